The molecule has 0 radical (unpaired) electrons. The molecule has 0 saturated carbocycles. The van der Waals surface area contributed by atoms with Crippen LogP contribution in [-0.2, 0) is 13.0 Å². The molecule has 0 aliphatic rings. The van der Waals surface area contributed by atoms with Crippen molar-refractivity contribution in [2.45, 2.75) is 24.8 Å². The van der Waals surface area contributed by atoms with E-state index in [1.165, 1.54) is 16.4 Å². The third kappa shape index (κ3) is 2.91. The zero-order valence-corrected chi connectivity index (χ0v) is 12.1. The Morgan fingerprint density at radius 1 is 1.53 bits per heavy atom. The van der Waals surface area contributed by atoms with Gasteiger partial charge in [0.15, 0.2) is 5.82 Å². The highest BCUT2D eigenvalue weighted by molar-refractivity contribution is 7.99. The number of anilines is 2. The molecular weight excluding hydrogens is 272 g/mol. The summed E-state index contributed by atoms with van der Waals surface area (Å²) in [6.07, 6.45) is 4.99. The lowest BCUT2D eigenvalue weighted by atomic mass is 10.4. The van der Waals surface area contributed by atoms with Crippen LogP contribution in [0.4, 0.5) is 10.8 Å². The second-order valence-electron chi connectivity index (χ2n) is 3.36. The normalized spacial score (nSPS) is 10.7. The van der Waals surface area contributed by atoms with Crippen LogP contribution in [0, 0.1) is 0 Å². The lowest BCUT2D eigenvalue weighted by molar-refractivity contribution is 1.09. The first-order valence-corrected chi connectivity index (χ1v) is 8.02. The van der Waals surface area contributed by atoms with E-state index >= 15 is 0 Å². The minimum absolute atomic E-state index is 0.610. The maximum Gasteiger partial charge on any atom is 0.153 e. The molecule has 0 aliphatic heterocycles. The summed E-state index contributed by atoms with van der Waals surface area (Å²) in [4.78, 5) is 6.71. The lowest BCUT2D eigenvalue weighted by Gasteiger charge is -2.02. The van der Waals surface area contributed by atoms with Crippen LogP contribution in [0.25, 0.3) is 0 Å². The van der Waals surface area contributed by atoms with Gasteiger partial charge in [-0.25, -0.2) is 4.98 Å². The van der Waals surface area contributed by atoms with Crippen LogP contribution in [0.3, 0.4) is 0 Å². The molecule has 2 rings (SSSR count). The minimum atomic E-state index is 0.610. The third-order valence-corrected chi connectivity index (χ3v) is 5.14. The van der Waals surface area contributed by atoms with Crippen molar-refractivity contribution in [3.8, 4) is 0 Å². The van der Waals surface area contributed by atoms with Crippen molar-refractivity contribution in [1.29, 1.82) is 0 Å². The van der Waals surface area contributed by atoms with Crippen molar-refractivity contribution in [2.24, 2.45) is 0 Å². The van der Waals surface area contributed by atoms with Gasteiger partial charge < -0.3 is 11.1 Å². The molecule has 0 atom stereocenters. The van der Waals surface area contributed by atoms with Crippen LogP contribution in [-0.4, -0.2) is 15.6 Å². The Labute approximate surface area is 113 Å². The second-order valence-corrected chi connectivity index (χ2v) is 6.15. The van der Waals surface area contributed by atoms with Crippen molar-refractivity contribution in [2.75, 3.05) is 17.3 Å². The molecule has 0 unspecified atom stereocenters. The van der Waals surface area contributed by atoms with Crippen LogP contribution in [0.5, 0.6) is 0 Å². The average Bonchev–Trinajstić information content (AvgIpc) is 2.92. The van der Waals surface area contributed by atoms with E-state index in [-0.39, 0.29) is 0 Å². The highest BCUT2D eigenvalue weighted by atomic mass is 32.2. The van der Waals surface area contributed by atoms with Crippen LogP contribution in [0.15, 0.2) is 11.1 Å². The number of rotatable bonds is 5. The largest absolute Gasteiger partial charge is 0.382 e. The predicted molar refractivity (Wildman–Crippen MR) is 77.1 cm³/mol. The van der Waals surface area contributed by atoms with Gasteiger partial charge in [-0.2, -0.15) is 4.37 Å². The molecule has 4 nitrogen and oxygen atoms in total. The molecule has 92 valence electrons. The summed E-state index contributed by atoms with van der Waals surface area (Å²) >= 11 is 4.76. The lowest BCUT2D eigenvalue weighted by Crippen LogP contribution is -1.98. The minimum Gasteiger partial charge on any atom is -0.382 e. The molecule has 0 amide bonds. The molecule has 3 N–H and O–H groups in total. The maximum absolute atomic E-state index is 5.77. The van der Waals surface area contributed by atoms with Crippen molar-refractivity contribution < 1.29 is 0 Å². The zero-order chi connectivity index (χ0) is 12.3. The Bertz CT molecular complexity index is 491. The number of hydrogen-bond donors (Lipinski definition) is 2. The number of thioether (sulfide) groups is 1. The smallest absolute Gasteiger partial charge is 0.153 e. The molecule has 0 spiro atoms. The highest BCUT2D eigenvalue weighted by Crippen LogP contribution is 2.34. The van der Waals surface area contributed by atoms with Gasteiger partial charge in [-0.15, -0.1) is 23.1 Å². The molecule has 0 saturated heterocycles. The predicted octanol–water partition coefficient (Wildman–Crippen LogP) is 3.08. The van der Waals surface area contributed by atoms with E-state index in [1.54, 1.807) is 23.1 Å². The van der Waals surface area contributed by atoms with Gasteiger partial charge >= 0.3 is 0 Å². The maximum atomic E-state index is 5.77. The van der Waals surface area contributed by atoms with Crippen LogP contribution in [0.1, 0.15) is 16.8 Å². The van der Waals surface area contributed by atoms with E-state index < -0.39 is 0 Å². The number of nitrogens with two attached hydrogens (primary N) is 1. The number of thiazole rings is 1. The zero-order valence-electron chi connectivity index (χ0n) is 9.69. The first-order chi connectivity index (χ1) is 8.24. The summed E-state index contributed by atoms with van der Waals surface area (Å²) in [5.74, 6) is 0.610. The SMILES string of the molecule is CCc1cnc(CNc2snc(N)c2SC)s1. The fourth-order valence-corrected chi connectivity index (χ4v) is 3.69. The van der Waals surface area contributed by atoms with Crippen LogP contribution in [0.2, 0.25) is 0 Å². The standard InChI is InChI=1S/C10H14N4S3/c1-3-6-4-12-7(16-6)5-13-10-8(15-2)9(11)14-17-10/h4,13H,3,5H2,1-2H3,(H2,11,14). The van der Waals surface area contributed by atoms with E-state index in [2.05, 4.69) is 21.6 Å². The molecule has 0 fully saturated rings. The Morgan fingerprint density at radius 2 is 2.35 bits per heavy atom. The molecule has 0 aromatic carbocycles. The molecule has 2 heterocycles. The number of nitrogens with one attached hydrogen (secondary N) is 1. The molecule has 0 bridgehead atoms. The molecule has 7 heteroatoms. The summed E-state index contributed by atoms with van der Waals surface area (Å²) in [6.45, 7) is 2.88. The van der Waals surface area contributed by atoms with Crippen LogP contribution < -0.4 is 11.1 Å². The van der Waals surface area contributed by atoms with Crippen molar-refractivity contribution in [3.05, 3.63) is 16.1 Å². The Hall–Kier alpha value is -0.790. The topological polar surface area (TPSA) is 63.8 Å². The van der Waals surface area contributed by atoms with Crippen molar-refractivity contribution in [1.82, 2.24) is 9.36 Å². The fourth-order valence-electron chi connectivity index (χ4n) is 1.35. The average molecular weight is 286 g/mol. The number of hydrogen-bond acceptors (Lipinski definition) is 7. The number of nitrogen functional groups attached to an aromatic ring is 1. The van der Waals surface area contributed by atoms with Gasteiger partial charge in [-0.3, -0.25) is 0 Å². The molecule has 2 aromatic rings. The molecular formula is C10H14N4S3. The first-order valence-electron chi connectivity index (χ1n) is 5.21. The third-order valence-electron chi connectivity index (χ3n) is 2.23. The molecule has 0 aliphatic carbocycles. The number of aryl methyl sites for hydroxylation is 1. The van der Waals surface area contributed by atoms with Gasteiger partial charge in [-0.05, 0) is 24.2 Å². The molecule has 17 heavy (non-hydrogen) atoms. The van der Waals surface area contributed by atoms with Gasteiger partial charge in [0.25, 0.3) is 0 Å². The summed E-state index contributed by atoms with van der Waals surface area (Å²) in [5, 5.41) is 5.47. The van der Waals surface area contributed by atoms with E-state index in [4.69, 9.17) is 5.73 Å². The van der Waals surface area contributed by atoms with E-state index in [0.717, 1.165) is 27.9 Å². The summed E-state index contributed by atoms with van der Waals surface area (Å²) < 4.78 is 4.14. The molecule has 2 aromatic heterocycles. The van der Waals surface area contributed by atoms with Crippen molar-refractivity contribution in [3.63, 3.8) is 0 Å². The summed E-state index contributed by atoms with van der Waals surface area (Å²) in [5.41, 5.74) is 5.77. The van der Waals surface area contributed by atoms with Gasteiger partial charge in [0.05, 0.1) is 11.4 Å². The van der Waals surface area contributed by atoms with Gasteiger partial charge in [0, 0.05) is 11.1 Å². The summed E-state index contributed by atoms with van der Waals surface area (Å²) in [6, 6.07) is 0. The number of nitrogens with zero attached hydrogens (tertiary/aromatic N) is 2. The van der Waals surface area contributed by atoms with E-state index in [1.807, 2.05) is 12.5 Å². The van der Waals surface area contributed by atoms with Crippen molar-refractivity contribution >= 4 is 45.5 Å². The monoisotopic (exact) mass is 286 g/mol. The quantitative estimate of drug-likeness (QED) is 0.827. The van der Waals surface area contributed by atoms with Gasteiger partial charge in [0.2, 0.25) is 0 Å². The van der Waals surface area contributed by atoms with Crippen LogP contribution >= 0.6 is 34.6 Å². The van der Waals surface area contributed by atoms with E-state index in [9.17, 15) is 0 Å². The second kappa shape index (κ2) is 5.70. The highest BCUT2D eigenvalue weighted by Gasteiger charge is 2.10. The Balaban J connectivity index is 2.01. The Morgan fingerprint density at radius 3 is 3.00 bits per heavy atom. The summed E-state index contributed by atoms with van der Waals surface area (Å²) in [7, 11) is 0. The Kier molecular flexibility index (Phi) is 4.25. The number of aromatic nitrogens is 2. The van der Waals surface area contributed by atoms with E-state index in [0.29, 0.717) is 5.82 Å². The fraction of sp³-hybridized carbons (Fsp3) is 0.400. The van der Waals surface area contributed by atoms with Gasteiger partial charge in [0.1, 0.15) is 10.0 Å². The van der Waals surface area contributed by atoms with Gasteiger partial charge in [-0.1, -0.05) is 6.92 Å². The first kappa shape index (κ1) is 12.7.